The molecule has 0 bridgehead atoms. The molecule has 1 aromatic carbocycles. The number of methoxy groups -OCH3 is 1. The first kappa shape index (κ1) is 19.7. The Bertz CT molecular complexity index is 1030. The molecule has 148 valence electrons. The van der Waals surface area contributed by atoms with Crippen molar-refractivity contribution in [1.82, 2.24) is 9.55 Å². The average molecular weight is 392 g/mol. The van der Waals surface area contributed by atoms with Gasteiger partial charge in [0.1, 0.15) is 5.60 Å². The van der Waals surface area contributed by atoms with Gasteiger partial charge in [0.05, 0.1) is 7.11 Å². The van der Waals surface area contributed by atoms with E-state index in [-0.39, 0.29) is 11.4 Å². The Kier molecular flexibility index (Phi) is 4.82. The zero-order chi connectivity index (χ0) is 20.7. The van der Waals surface area contributed by atoms with Crippen LogP contribution in [0.25, 0.3) is 21.9 Å². The number of benzene rings is 1. The van der Waals surface area contributed by atoms with Gasteiger partial charge >= 0.3 is 12.3 Å². The first-order valence-corrected chi connectivity index (χ1v) is 8.45. The zero-order valence-corrected chi connectivity index (χ0v) is 15.8. The smallest absolute Gasteiger partial charge is 0.434 e. The summed E-state index contributed by atoms with van der Waals surface area (Å²) in [4.78, 5) is 15.8. The van der Waals surface area contributed by atoms with Crippen molar-refractivity contribution in [2.24, 2.45) is 0 Å². The molecule has 0 N–H and O–H groups in total. The van der Waals surface area contributed by atoms with E-state index >= 15 is 0 Å². The molecule has 0 radical (unpaired) electrons. The van der Waals surface area contributed by atoms with Gasteiger partial charge in [-0.1, -0.05) is 12.1 Å². The lowest BCUT2D eigenvalue weighted by Gasteiger charge is -2.19. The van der Waals surface area contributed by atoms with E-state index in [1.807, 2.05) is 0 Å². The molecule has 3 aromatic rings. The van der Waals surface area contributed by atoms with Gasteiger partial charge in [0, 0.05) is 34.8 Å². The van der Waals surface area contributed by atoms with Gasteiger partial charge in [-0.05, 0) is 38.5 Å². The molecule has 0 saturated heterocycles. The van der Waals surface area contributed by atoms with Gasteiger partial charge in [-0.3, -0.25) is 4.57 Å². The second kappa shape index (κ2) is 6.85. The van der Waals surface area contributed by atoms with Crippen LogP contribution in [0.2, 0.25) is 0 Å². The standard InChI is InChI=1S/C20H19F3N2O3/c1-19(2,3)28-18(26)25-10-13-6-5-12(9-14(13)11-25)15-7-8-16(27-4)24-17(15)20(21,22)23/h5-11H,1-4H3. The number of alkyl halides is 3. The molecule has 5 nitrogen and oxygen atoms in total. The highest BCUT2D eigenvalue weighted by atomic mass is 19.4. The van der Waals surface area contributed by atoms with Crippen LogP contribution in [0.4, 0.5) is 18.0 Å². The number of ether oxygens (including phenoxy) is 2. The third-order valence-corrected chi connectivity index (χ3v) is 3.91. The minimum absolute atomic E-state index is 0.0692. The number of carbonyl (C=O) groups excluding carboxylic acids is 1. The Hall–Kier alpha value is -3.03. The fourth-order valence-electron chi connectivity index (χ4n) is 2.73. The summed E-state index contributed by atoms with van der Waals surface area (Å²) in [6.07, 6.45) is -2.10. The van der Waals surface area contributed by atoms with Crippen molar-refractivity contribution < 1.29 is 27.4 Å². The van der Waals surface area contributed by atoms with E-state index in [4.69, 9.17) is 9.47 Å². The van der Waals surface area contributed by atoms with Crippen molar-refractivity contribution in [3.05, 3.63) is 48.4 Å². The Balaban J connectivity index is 2.05. The second-order valence-corrected chi connectivity index (χ2v) is 7.24. The average Bonchev–Trinajstić information content (AvgIpc) is 3.02. The van der Waals surface area contributed by atoms with Crippen molar-refractivity contribution in [2.75, 3.05) is 7.11 Å². The van der Waals surface area contributed by atoms with E-state index in [9.17, 15) is 18.0 Å². The monoisotopic (exact) mass is 392 g/mol. The van der Waals surface area contributed by atoms with E-state index < -0.39 is 23.6 Å². The molecule has 0 unspecified atom stereocenters. The van der Waals surface area contributed by atoms with E-state index in [0.29, 0.717) is 16.3 Å². The fourth-order valence-corrected chi connectivity index (χ4v) is 2.73. The molecule has 28 heavy (non-hydrogen) atoms. The number of nitrogens with zero attached hydrogens (tertiary/aromatic N) is 2. The maximum Gasteiger partial charge on any atom is 0.434 e. The molecule has 0 aliphatic carbocycles. The third-order valence-electron chi connectivity index (χ3n) is 3.91. The number of pyridine rings is 1. The molecule has 2 aromatic heterocycles. The normalized spacial score (nSPS) is 12.2. The Labute approximate surface area is 159 Å². The van der Waals surface area contributed by atoms with Crippen molar-refractivity contribution in [1.29, 1.82) is 0 Å². The second-order valence-electron chi connectivity index (χ2n) is 7.24. The number of halogens is 3. The highest BCUT2D eigenvalue weighted by Crippen LogP contribution is 2.37. The van der Waals surface area contributed by atoms with Gasteiger partial charge in [0.25, 0.3) is 0 Å². The topological polar surface area (TPSA) is 53.4 Å². The summed E-state index contributed by atoms with van der Waals surface area (Å²) in [5.74, 6) is -0.117. The number of hydrogen-bond acceptors (Lipinski definition) is 4. The number of carbonyl (C=O) groups is 1. The van der Waals surface area contributed by atoms with Crippen LogP contribution in [0.15, 0.2) is 42.7 Å². The summed E-state index contributed by atoms with van der Waals surface area (Å²) < 4.78 is 51.7. The Morgan fingerprint density at radius 3 is 2.32 bits per heavy atom. The van der Waals surface area contributed by atoms with E-state index in [2.05, 4.69) is 4.98 Å². The largest absolute Gasteiger partial charge is 0.481 e. The maximum absolute atomic E-state index is 13.4. The highest BCUT2D eigenvalue weighted by molar-refractivity contribution is 5.90. The predicted octanol–water partition coefficient (Wildman–Crippen LogP) is 5.51. The molecule has 0 amide bonds. The van der Waals surface area contributed by atoms with Crippen LogP contribution in [0, 0.1) is 0 Å². The van der Waals surface area contributed by atoms with Crippen LogP contribution in [0.1, 0.15) is 26.5 Å². The van der Waals surface area contributed by atoms with Gasteiger partial charge in [-0.2, -0.15) is 13.2 Å². The zero-order valence-electron chi connectivity index (χ0n) is 15.8. The molecule has 0 fully saturated rings. The van der Waals surface area contributed by atoms with Crippen molar-refractivity contribution in [3.63, 3.8) is 0 Å². The van der Waals surface area contributed by atoms with Crippen molar-refractivity contribution in [3.8, 4) is 17.0 Å². The van der Waals surface area contributed by atoms with Gasteiger partial charge in [0.2, 0.25) is 5.88 Å². The number of fused-ring (bicyclic) bond motifs is 1. The summed E-state index contributed by atoms with van der Waals surface area (Å²) in [5.41, 5.74) is -1.43. The summed E-state index contributed by atoms with van der Waals surface area (Å²) in [6.45, 7) is 5.25. The molecule has 3 rings (SSSR count). The molecule has 2 heterocycles. The lowest BCUT2D eigenvalue weighted by atomic mass is 10.0. The van der Waals surface area contributed by atoms with Gasteiger partial charge < -0.3 is 9.47 Å². The fraction of sp³-hybridized carbons (Fsp3) is 0.300. The van der Waals surface area contributed by atoms with Crippen LogP contribution in [0.5, 0.6) is 5.88 Å². The first-order valence-electron chi connectivity index (χ1n) is 8.45. The van der Waals surface area contributed by atoms with Crippen LogP contribution in [0.3, 0.4) is 0 Å². The maximum atomic E-state index is 13.4. The summed E-state index contributed by atoms with van der Waals surface area (Å²) >= 11 is 0. The molecule has 0 aliphatic heterocycles. The van der Waals surface area contributed by atoms with Gasteiger partial charge in [-0.15, -0.1) is 0 Å². The summed E-state index contributed by atoms with van der Waals surface area (Å²) in [7, 11) is 1.26. The molecule has 0 saturated carbocycles. The van der Waals surface area contributed by atoms with Crippen LogP contribution in [-0.2, 0) is 10.9 Å². The Morgan fingerprint density at radius 2 is 1.71 bits per heavy atom. The first-order chi connectivity index (χ1) is 13.0. The Morgan fingerprint density at radius 1 is 1.04 bits per heavy atom. The van der Waals surface area contributed by atoms with Crippen molar-refractivity contribution >= 4 is 16.9 Å². The number of aromatic nitrogens is 2. The predicted molar refractivity (Wildman–Crippen MR) is 98.4 cm³/mol. The molecule has 0 aliphatic rings. The quantitative estimate of drug-likeness (QED) is 0.577. The lowest BCUT2D eigenvalue weighted by molar-refractivity contribution is -0.140. The van der Waals surface area contributed by atoms with E-state index in [0.717, 1.165) is 0 Å². The minimum Gasteiger partial charge on any atom is -0.481 e. The van der Waals surface area contributed by atoms with E-state index in [1.165, 1.54) is 30.0 Å². The molecular formula is C20H19F3N2O3. The van der Waals surface area contributed by atoms with Crippen LogP contribution >= 0.6 is 0 Å². The minimum atomic E-state index is -4.64. The van der Waals surface area contributed by atoms with E-state index in [1.54, 1.807) is 45.2 Å². The number of rotatable bonds is 2. The third kappa shape index (κ3) is 4.11. The molecule has 0 spiro atoms. The van der Waals surface area contributed by atoms with Crippen molar-refractivity contribution in [2.45, 2.75) is 32.5 Å². The van der Waals surface area contributed by atoms with Gasteiger partial charge in [-0.25, -0.2) is 9.78 Å². The summed E-state index contributed by atoms with van der Waals surface area (Å²) in [5, 5.41) is 1.30. The summed E-state index contributed by atoms with van der Waals surface area (Å²) in [6, 6.07) is 7.48. The number of hydrogen-bond donors (Lipinski definition) is 0. The SMILES string of the molecule is COc1ccc(-c2ccc3cn(C(=O)OC(C)(C)C)cc3c2)c(C(F)(F)F)n1. The molecule has 8 heteroatoms. The molecule has 0 atom stereocenters. The van der Waals surface area contributed by atoms with Gasteiger partial charge in [0.15, 0.2) is 5.69 Å². The molecular weight excluding hydrogens is 373 g/mol. The van der Waals surface area contributed by atoms with Crippen LogP contribution in [-0.4, -0.2) is 28.4 Å². The lowest BCUT2D eigenvalue weighted by Crippen LogP contribution is -2.26. The van der Waals surface area contributed by atoms with Crippen LogP contribution < -0.4 is 4.74 Å². The highest BCUT2D eigenvalue weighted by Gasteiger charge is 2.36.